The summed E-state index contributed by atoms with van der Waals surface area (Å²) in [5, 5.41) is 0. The van der Waals surface area contributed by atoms with E-state index in [4.69, 9.17) is 4.74 Å². The summed E-state index contributed by atoms with van der Waals surface area (Å²) in [4.78, 5) is 11.3. The van der Waals surface area contributed by atoms with Gasteiger partial charge in [0.2, 0.25) is 5.43 Å². The fourth-order valence-corrected chi connectivity index (χ4v) is 0.835. The van der Waals surface area contributed by atoms with Crippen LogP contribution in [0.25, 0.3) is 0 Å². The van der Waals surface area contributed by atoms with Gasteiger partial charge in [-0.25, -0.2) is 0 Å². The summed E-state index contributed by atoms with van der Waals surface area (Å²) >= 11 is 0. The fourth-order valence-electron chi connectivity index (χ4n) is 0.835. The Morgan fingerprint density at radius 3 is 2.77 bits per heavy atom. The third-order valence-corrected chi connectivity index (χ3v) is 1.43. The van der Waals surface area contributed by atoms with Crippen molar-refractivity contribution in [2.24, 2.45) is 0 Å². The molecule has 2 heteroatoms. The molecule has 0 saturated carbocycles. The molecule has 0 spiro atoms. The molecule has 1 aromatic carbocycles. The van der Waals surface area contributed by atoms with Crippen molar-refractivity contribution in [1.29, 1.82) is 0 Å². The minimum Gasteiger partial charge on any atom is -0.485 e. The van der Waals surface area contributed by atoms with Crippen molar-refractivity contribution in [3.63, 3.8) is 0 Å². The van der Waals surface area contributed by atoms with Gasteiger partial charge in [0.25, 0.3) is 0 Å². The van der Waals surface area contributed by atoms with Gasteiger partial charge in [0.1, 0.15) is 6.61 Å². The quantitative estimate of drug-likeness (QED) is 0.658. The van der Waals surface area contributed by atoms with E-state index in [0.717, 1.165) is 5.57 Å². The van der Waals surface area contributed by atoms with Gasteiger partial charge in [0.05, 0.1) is 0 Å². The van der Waals surface area contributed by atoms with Crippen LogP contribution >= 0.6 is 0 Å². The summed E-state index contributed by atoms with van der Waals surface area (Å²) in [5.74, 6) is 0.369. The Labute approximate surface area is 77.5 Å². The third kappa shape index (κ3) is 3.11. The van der Waals surface area contributed by atoms with E-state index in [-0.39, 0.29) is 5.43 Å². The molecule has 0 amide bonds. The molecule has 0 aromatic heterocycles. The summed E-state index contributed by atoms with van der Waals surface area (Å²) in [6, 6.07) is 8.39. The molecule has 0 aliphatic rings. The first-order valence-electron chi connectivity index (χ1n) is 4.06. The molecule has 0 fully saturated rings. The van der Waals surface area contributed by atoms with Crippen molar-refractivity contribution in [2.45, 2.75) is 6.92 Å². The van der Waals surface area contributed by atoms with Crippen LogP contribution in [-0.4, -0.2) is 6.61 Å². The maximum atomic E-state index is 11.3. The molecule has 0 saturated heterocycles. The zero-order valence-corrected chi connectivity index (χ0v) is 7.62. The Bertz CT molecular complexity index is 355. The lowest BCUT2D eigenvalue weighted by Crippen LogP contribution is -2.05. The Hall–Kier alpha value is -1.57. The van der Waals surface area contributed by atoms with Crippen LogP contribution in [0.15, 0.2) is 47.3 Å². The van der Waals surface area contributed by atoms with Crippen LogP contribution in [0.2, 0.25) is 0 Å². The second kappa shape index (κ2) is 4.45. The van der Waals surface area contributed by atoms with Crippen LogP contribution in [-0.2, 0) is 0 Å². The van der Waals surface area contributed by atoms with Crippen LogP contribution in [0, 0.1) is 0 Å². The van der Waals surface area contributed by atoms with Gasteiger partial charge in [-0.3, -0.25) is 4.79 Å². The predicted molar refractivity (Wildman–Crippen MR) is 53.0 cm³/mol. The Morgan fingerprint density at radius 2 is 2.08 bits per heavy atom. The Kier molecular flexibility index (Phi) is 3.26. The smallest absolute Gasteiger partial charge is 0.220 e. The minimum absolute atomic E-state index is 0.105. The lowest BCUT2D eigenvalue weighted by molar-refractivity contribution is 0.350. The van der Waals surface area contributed by atoms with Crippen LogP contribution in [0.3, 0.4) is 0 Å². The number of hydrogen-bond acceptors (Lipinski definition) is 2. The maximum absolute atomic E-state index is 11.3. The molecule has 1 aromatic rings. The van der Waals surface area contributed by atoms with Gasteiger partial charge in [-0.1, -0.05) is 24.8 Å². The first-order valence-corrected chi connectivity index (χ1v) is 4.06. The van der Waals surface area contributed by atoms with Gasteiger partial charge in [0.15, 0.2) is 5.75 Å². The minimum atomic E-state index is -0.105. The average Bonchev–Trinajstić information content (AvgIpc) is 2.27. The molecule has 13 heavy (non-hydrogen) atoms. The highest BCUT2D eigenvalue weighted by Crippen LogP contribution is 2.01. The van der Waals surface area contributed by atoms with E-state index in [0.29, 0.717) is 12.4 Å². The largest absolute Gasteiger partial charge is 0.485 e. The highest BCUT2D eigenvalue weighted by Gasteiger charge is 1.95. The lowest BCUT2D eigenvalue weighted by Gasteiger charge is -2.01. The second-order valence-corrected chi connectivity index (χ2v) is 2.88. The molecule has 0 aliphatic heterocycles. The predicted octanol–water partition coefficient (Wildman–Crippen LogP) is 2.00. The van der Waals surface area contributed by atoms with Crippen LogP contribution in [0.5, 0.6) is 5.75 Å². The van der Waals surface area contributed by atoms with Crippen molar-refractivity contribution in [3.8, 4) is 5.75 Å². The maximum Gasteiger partial charge on any atom is 0.220 e. The van der Waals surface area contributed by atoms with Gasteiger partial charge in [0, 0.05) is 0 Å². The molecular formula is C11H12O2. The number of ether oxygens (including phenoxy) is 1. The standard InChI is InChI=1S/C11H12O2/c1-9(2)8-13-11-7-5-3-4-6-10(11)12/h3-7H,1,8H2,2H3. The topological polar surface area (TPSA) is 26.3 Å². The van der Waals surface area contributed by atoms with E-state index in [1.54, 1.807) is 24.3 Å². The summed E-state index contributed by atoms with van der Waals surface area (Å²) in [5.41, 5.74) is 0.789. The van der Waals surface area contributed by atoms with Crippen molar-refractivity contribution in [2.75, 3.05) is 6.61 Å². The first kappa shape index (κ1) is 9.52. The molecule has 1 rings (SSSR count). The van der Waals surface area contributed by atoms with Crippen LogP contribution < -0.4 is 10.2 Å². The summed E-state index contributed by atoms with van der Waals surface area (Å²) in [7, 11) is 0. The zero-order valence-electron chi connectivity index (χ0n) is 7.62. The first-order chi connectivity index (χ1) is 6.20. The van der Waals surface area contributed by atoms with E-state index in [9.17, 15) is 4.79 Å². The van der Waals surface area contributed by atoms with E-state index < -0.39 is 0 Å². The molecule has 0 bridgehead atoms. The van der Waals surface area contributed by atoms with Crippen molar-refractivity contribution < 1.29 is 4.74 Å². The highest BCUT2D eigenvalue weighted by atomic mass is 16.5. The zero-order chi connectivity index (χ0) is 9.68. The van der Waals surface area contributed by atoms with Crippen molar-refractivity contribution >= 4 is 0 Å². The van der Waals surface area contributed by atoms with Crippen LogP contribution in [0.1, 0.15) is 6.92 Å². The van der Waals surface area contributed by atoms with Crippen molar-refractivity contribution in [3.05, 3.63) is 52.7 Å². The summed E-state index contributed by atoms with van der Waals surface area (Å²) in [6.45, 7) is 5.93. The van der Waals surface area contributed by atoms with Gasteiger partial charge < -0.3 is 4.74 Å². The molecule has 0 heterocycles. The number of rotatable bonds is 3. The van der Waals surface area contributed by atoms with E-state index in [2.05, 4.69) is 6.58 Å². The van der Waals surface area contributed by atoms with Gasteiger partial charge in [-0.15, -0.1) is 0 Å². The van der Waals surface area contributed by atoms with E-state index in [1.807, 2.05) is 6.92 Å². The molecular weight excluding hydrogens is 164 g/mol. The van der Waals surface area contributed by atoms with E-state index in [1.165, 1.54) is 6.07 Å². The SMILES string of the molecule is C=C(C)COc1cccccc1=O. The molecule has 0 unspecified atom stereocenters. The summed E-state index contributed by atoms with van der Waals surface area (Å²) in [6.07, 6.45) is 0. The lowest BCUT2D eigenvalue weighted by atomic mass is 10.4. The van der Waals surface area contributed by atoms with Crippen molar-refractivity contribution in [1.82, 2.24) is 0 Å². The van der Waals surface area contributed by atoms with Gasteiger partial charge in [-0.2, -0.15) is 0 Å². The van der Waals surface area contributed by atoms with Crippen LogP contribution in [0.4, 0.5) is 0 Å². The molecule has 2 nitrogen and oxygen atoms in total. The Balaban J connectivity index is 2.84. The second-order valence-electron chi connectivity index (χ2n) is 2.88. The molecule has 0 radical (unpaired) electrons. The Morgan fingerprint density at radius 1 is 1.38 bits per heavy atom. The molecule has 0 atom stereocenters. The number of hydrogen-bond donors (Lipinski definition) is 0. The third-order valence-electron chi connectivity index (χ3n) is 1.43. The van der Waals surface area contributed by atoms with Gasteiger partial charge in [-0.05, 0) is 24.6 Å². The average molecular weight is 176 g/mol. The molecule has 68 valence electrons. The fraction of sp³-hybridized carbons (Fsp3) is 0.182. The molecule has 0 N–H and O–H groups in total. The summed E-state index contributed by atoms with van der Waals surface area (Å²) < 4.78 is 5.25. The normalized spacial score (nSPS) is 9.31. The van der Waals surface area contributed by atoms with E-state index >= 15 is 0 Å². The van der Waals surface area contributed by atoms with Gasteiger partial charge >= 0.3 is 0 Å². The molecule has 0 aliphatic carbocycles. The monoisotopic (exact) mass is 176 g/mol. The highest BCUT2D eigenvalue weighted by molar-refractivity contribution is 5.20.